The van der Waals surface area contributed by atoms with E-state index in [4.69, 9.17) is 13.9 Å². The van der Waals surface area contributed by atoms with E-state index in [0.29, 0.717) is 25.2 Å². The van der Waals surface area contributed by atoms with Crippen molar-refractivity contribution in [2.45, 2.75) is 31.1 Å². The van der Waals surface area contributed by atoms with Crippen LogP contribution in [0.3, 0.4) is 0 Å². The van der Waals surface area contributed by atoms with Crippen molar-refractivity contribution in [3.8, 4) is 16.5 Å². The average Bonchev–Trinajstić information content (AvgIpc) is 3.50. The Morgan fingerprint density at radius 2 is 2.17 bits per heavy atom. The first-order valence-corrected chi connectivity index (χ1v) is 13.3. The van der Waals surface area contributed by atoms with Crippen LogP contribution in [-0.4, -0.2) is 55.5 Å². The fraction of sp³-hybridized carbons (Fsp3) is 0.400. The van der Waals surface area contributed by atoms with Crippen molar-refractivity contribution in [2.75, 3.05) is 26.8 Å². The Morgan fingerprint density at radius 3 is 2.94 bits per heavy atom. The summed E-state index contributed by atoms with van der Waals surface area (Å²) < 4.78 is 20.1. The van der Waals surface area contributed by atoms with Crippen molar-refractivity contribution in [2.24, 2.45) is 7.05 Å². The predicted molar refractivity (Wildman–Crippen MR) is 139 cm³/mol. The molecule has 1 aliphatic rings. The van der Waals surface area contributed by atoms with Crippen LogP contribution < -0.4 is 16.4 Å². The standard InChI is InChI=1S/C25H26N4O5S2/c1-29-18-7-14(3-4-19(18)34-25(29)31)21-10-23-22(36-21)9-17(35-23)8-15(11-26)28-24(30)20-12-27-6-5-16(32-2)13-33-20/h3-4,7,9-10,15-16,20,27H,5-6,8,12-13H2,1-2H3,(H,28,30)/t15?,16-,20+/m1/s1. The fourth-order valence-corrected chi connectivity index (χ4v) is 6.68. The van der Waals surface area contributed by atoms with Gasteiger partial charge in [-0.3, -0.25) is 9.36 Å². The maximum absolute atomic E-state index is 12.8. The molecular formula is C25H26N4O5S2. The van der Waals surface area contributed by atoms with E-state index < -0.39 is 12.1 Å². The Morgan fingerprint density at radius 1 is 1.33 bits per heavy atom. The first kappa shape index (κ1) is 24.7. The molecule has 0 spiro atoms. The molecule has 2 N–H and O–H groups in total. The second kappa shape index (κ2) is 10.5. The Hall–Kier alpha value is -3.01. The Balaban J connectivity index is 1.26. The van der Waals surface area contributed by atoms with Gasteiger partial charge in [-0.2, -0.15) is 5.26 Å². The van der Waals surface area contributed by atoms with Gasteiger partial charge in [-0.1, -0.05) is 0 Å². The summed E-state index contributed by atoms with van der Waals surface area (Å²) in [5.74, 6) is -0.676. The molecule has 3 atom stereocenters. The van der Waals surface area contributed by atoms with E-state index in [1.165, 1.54) is 4.57 Å². The molecule has 0 saturated carbocycles. The number of carbonyl (C=O) groups excluding carboxylic acids is 1. The summed E-state index contributed by atoms with van der Waals surface area (Å²) in [5.41, 5.74) is 2.33. The van der Waals surface area contributed by atoms with Crippen molar-refractivity contribution < 1.29 is 18.7 Å². The van der Waals surface area contributed by atoms with Crippen molar-refractivity contribution in [3.63, 3.8) is 0 Å². The molecule has 4 heterocycles. The van der Waals surface area contributed by atoms with E-state index in [9.17, 15) is 14.9 Å². The van der Waals surface area contributed by atoms with E-state index in [1.807, 2.05) is 18.2 Å². The van der Waals surface area contributed by atoms with Gasteiger partial charge >= 0.3 is 5.76 Å². The van der Waals surface area contributed by atoms with E-state index in [2.05, 4.69) is 28.8 Å². The number of aryl methyl sites for hydroxylation is 1. The maximum atomic E-state index is 12.8. The van der Waals surface area contributed by atoms with Crippen LogP contribution in [0.1, 0.15) is 11.3 Å². The minimum atomic E-state index is -0.666. The zero-order valence-corrected chi connectivity index (χ0v) is 21.5. The quantitative estimate of drug-likeness (QED) is 0.396. The molecule has 1 aromatic carbocycles. The maximum Gasteiger partial charge on any atom is 0.419 e. The minimum absolute atomic E-state index is 0.0580. The predicted octanol–water partition coefficient (Wildman–Crippen LogP) is 3.02. The van der Waals surface area contributed by atoms with Crippen LogP contribution in [-0.2, 0) is 27.7 Å². The van der Waals surface area contributed by atoms with Crippen LogP contribution in [0.15, 0.2) is 39.5 Å². The SMILES string of the molecule is CO[C@@H]1CCNC[C@@H](C(=O)NC(C#N)Cc2cc3sc(-c4ccc5oc(=O)n(C)c5c4)cc3s2)OC1. The zero-order valence-electron chi connectivity index (χ0n) is 19.9. The number of amides is 1. The van der Waals surface area contributed by atoms with Crippen LogP contribution in [0.4, 0.5) is 0 Å². The number of ether oxygens (including phenoxy) is 2. The number of hydrogen-bond donors (Lipinski definition) is 2. The van der Waals surface area contributed by atoms with E-state index in [-0.39, 0.29) is 17.8 Å². The molecule has 0 radical (unpaired) electrons. The Labute approximate surface area is 215 Å². The van der Waals surface area contributed by atoms with Crippen LogP contribution in [0.25, 0.3) is 30.9 Å². The van der Waals surface area contributed by atoms with Crippen LogP contribution in [0, 0.1) is 11.3 Å². The van der Waals surface area contributed by atoms with Crippen molar-refractivity contribution >= 4 is 49.1 Å². The fourth-order valence-electron chi connectivity index (χ4n) is 4.22. The number of benzene rings is 1. The van der Waals surface area contributed by atoms with Gasteiger partial charge in [0, 0.05) is 46.3 Å². The van der Waals surface area contributed by atoms with Gasteiger partial charge in [0.05, 0.1) is 24.3 Å². The summed E-state index contributed by atoms with van der Waals surface area (Å²) in [6.45, 7) is 1.49. The largest absolute Gasteiger partial charge is 0.419 e. The molecule has 36 heavy (non-hydrogen) atoms. The minimum Gasteiger partial charge on any atom is -0.408 e. The third-order valence-electron chi connectivity index (χ3n) is 6.29. The number of nitrogens with zero attached hydrogens (tertiary/aromatic N) is 2. The molecule has 3 aromatic heterocycles. The van der Waals surface area contributed by atoms with E-state index >= 15 is 0 Å². The monoisotopic (exact) mass is 526 g/mol. The first-order valence-electron chi connectivity index (χ1n) is 11.6. The normalized spacial score (nSPS) is 19.6. The third kappa shape index (κ3) is 5.09. The Bertz CT molecular complexity index is 1460. The summed E-state index contributed by atoms with van der Waals surface area (Å²) in [5, 5.41) is 15.7. The van der Waals surface area contributed by atoms with E-state index in [0.717, 1.165) is 43.2 Å². The smallest absolute Gasteiger partial charge is 0.408 e. The molecule has 5 rings (SSSR count). The number of methoxy groups -OCH3 is 1. The van der Waals surface area contributed by atoms with Crippen molar-refractivity contribution in [3.05, 3.63) is 45.8 Å². The van der Waals surface area contributed by atoms with Crippen molar-refractivity contribution in [1.82, 2.24) is 15.2 Å². The highest BCUT2D eigenvalue weighted by Gasteiger charge is 2.25. The Kier molecular flexibility index (Phi) is 7.22. The van der Waals surface area contributed by atoms with Crippen LogP contribution in [0.5, 0.6) is 0 Å². The summed E-state index contributed by atoms with van der Waals surface area (Å²) in [7, 11) is 3.32. The number of nitrogens with one attached hydrogen (secondary N) is 2. The molecule has 1 fully saturated rings. The third-order valence-corrected chi connectivity index (χ3v) is 8.66. The van der Waals surface area contributed by atoms with Gasteiger partial charge in [0.1, 0.15) is 12.1 Å². The van der Waals surface area contributed by atoms with Gasteiger partial charge in [0.2, 0.25) is 0 Å². The molecule has 0 aliphatic carbocycles. The molecular weight excluding hydrogens is 500 g/mol. The van der Waals surface area contributed by atoms with Gasteiger partial charge < -0.3 is 24.5 Å². The number of rotatable bonds is 6. The number of nitriles is 1. The van der Waals surface area contributed by atoms with Gasteiger partial charge in [-0.15, -0.1) is 22.7 Å². The molecule has 4 aromatic rings. The van der Waals surface area contributed by atoms with Gasteiger partial charge in [0.15, 0.2) is 5.58 Å². The van der Waals surface area contributed by atoms with Gasteiger partial charge in [-0.05, 0) is 48.9 Å². The highest BCUT2D eigenvalue weighted by atomic mass is 32.1. The lowest BCUT2D eigenvalue weighted by atomic mass is 10.1. The molecule has 1 aliphatic heterocycles. The lowest BCUT2D eigenvalue weighted by Gasteiger charge is -2.25. The highest BCUT2D eigenvalue weighted by molar-refractivity contribution is 7.29. The molecule has 1 saturated heterocycles. The van der Waals surface area contributed by atoms with Gasteiger partial charge in [0.25, 0.3) is 5.91 Å². The molecule has 188 valence electrons. The lowest BCUT2D eigenvalue weighted by Crippen LogP contribution is -2.49. The molecule has 9 nitrogen and oxygen atoms in total. The zero-order chi connectivity index (χ0) is 25.2. The van der Waals surface area contributed by atoms with Crippen LogP contribution in [0.2, 0.25) is 0 Å². The summed E-state index contributed by atoms with van der Waals surface area (Å²) >= 11 is 3.27. The number of hydrogen-bond acceptors (Lipinski definition) is 9. The van der Waals surface area contributed by atoms with E-state index in [1.54, 1.807) is 36.8 Å². The molecule has 1 amide bonds. The number of aromatic nitrogens is 1. The summed E-state index contributed by atoms with van der Waals surface area (Å²) in [6, 6.07) is 11.5. The van der Waals surface area contributed by atoms with Gasteiger partial charge in [-0.25, -0.2) is 4.79 Å². The van der Waals surface area contributed by atoms with Crippen LogP contribution >= 0.6 is 22.7 Å². The lowest BCUT2D eigenvalue weighted by molar-refractivity contribution is -0.136. The summed E-state index contributed by atoms with van der Waals surface area (Å²) in [4.78, 5) is 26.7. The number of fused-ring (bicyclic) bond motifs is 2. The summed E-state index contributed by atoms with van der Waals surface area (Å²) in [6.07, 6.45) is 0.520. The topological polar surface area (TPSA) is 119 Å². The molecule has 11 heteroatoms. The van der Waals surface area contributed by atoms with Crippen molar-refractivity contribution in [1.29, 1.82) is 5.26 Å². The molecule has 0 bridgehead atoms. The first-order chi connectivity index (χ1) is 17.4. The number of carbonyl (C=O) groups is 1. The number of thiophene rings is 2. The second-order valence-corrected chi connectivity index (χ2v) is 11.0. The number of oxazole rings is 1. The average molecular weight is 527 g/mol. The second-order valence-electron chi connectivity index (χ2n) is 8.73. The molecule has 1 unspecified atom stereocenters. The highest BCUT2D eigenvalue weighted by Crippen LogP contribution is 2.39.